The molecule has 18 heavy (non-hydrogen) atoms. The molecule has 0 amide bonds. The maximum atomic E-state index is 14.1. The summed E-state index contributed by atoms with van der Waals surface area (Å²) in [5.41, 5.74) is 5.36. The number of thioether (sulfide) groups is 1. The molecule has 2 aliphatic rings. The van der Waals surface area contributed by atoms with Gasteiger partial charge in [0.15, 0.2) is 10.8 Å². The van der Waals surface area contributed by atoms with Crippen LogP contribution in [0.4, 0.5) is 4.39 Å². The van der Waals surface area contributed by atoms with Crippen molar-refractivity contribution in [1.82, 2.24) is 0 Å². The molecule has 2 atom stereocenters. The summed E-state index contributed by atoms with van der Waals surface area (Å²) in [5.74, 6) is -0.426. The van der Waals surface area contributed by atoms with Gasteiger partial charge in [-0.2, -0.15) is 5.26 Å². The van der Waals surface area contributed by atoms with Gasteiger partial charge in [0.2, 0.25) is 0 Å². The summed E-state index contributed by atoms with van der Waals surface area (Å²) in [5, 5.41) is 9.21. The zero-order chi connectivity index (χ0) is 13.1. The van der Waals surface area contributed by atoms with Gasteiger partial charge in [-0.1, -0.05) is 18.7 Å². The Morgan fingerprint density at radius 2 is 2.44 bits per heavy atom. The molecule has 1 aliphatic heterocycles. The molecule has 96 valence electrons. The number of aliphatic imine (C=N–C) groups is 1. The van der Waals surface area contributed by atoms with Crippen molar-refractivity contribution in [3.05, 3.63) is 22.6 Å². The highest BCUT2D eigenvalue weighted by atomic mass is 32.2. The SMILES string of the molecule is CC1C(F)=C(OCCCN)C=C2SC(C#N)=NC21. The lowest BCUT2D eigenvalue weighted by Crippen LogP contribution is -2.21. The van der Waals surface area contributed by atoms with Crippen LogP contribution in [-0.2, 0) is 4.74 Å². The van der Waals surface area contributed by atoms with Crippen molar-refractivity contribution in [2.75, 3.05) is 13.2 Å². The molecule has 1 aliphatic carbocycles. The Hall–Kier alpha value is -1.32. The average molecular weight is 267 g/mol. The molecule has 0 spiro atoms. The molecular formula is C12H14FN3OS. The fraction of sp³-hybridized carbons (Fsp3) is 0.500. The standard InChI is InChI=1S/C12H14FN3OS/c1-7-11(13)8(17-4-2-3-14)5-9-12(7)16-10(6-15)18-9/h5,7,12H,2-4,14H2,1H3. The summed E-state index contributed by atoms with van der Waals surface area (Å²) in [6.07, 6.45) is 2.33. The van der Waals surface area contributed by atoms with Gasteiger partial charge in [-0.15, -0.1) is 0 Å². The molecule has 2 unspecified atom stereocenters. The number of nitriles is 1. The zero-order valence-corrected chi connectivity index (χ0v) is 10.8. The molecule has 1 heterocycles. The number of nitrogens with zero attached hydrogens (tertiary/aromatic N) is 2. The number of fused-ring (bicyclic) bond motifs is 1. The zero-order valence-electron chi connectivity index (χ0n) is 10.0. The van der Waals surface area contributed by atoms with Gasteiger partial charge in [0.25, 0.3) is 0 Å². The van der Waals surface area contributed by atoms with Crippen molar-refractivity contribution in [3.63, 3.8) is 0 Å². The number of allylic oxidation sites excluding steroid dienone is 1. The second-order valence-electron chi connectivity index (χ2n) is 4.13. The number of hydrogen-bond donors (Lipinski definition) is 1. The van der Waals surface area contributed by atoms with Crippen LogP contribution in [0.25, 0.3) is 0 Å². The predicted octanol–water partition coefficient (Wildman–Crippen LogP) is 2.10. The first kappa shape index (κ1) is 13.1. The van der Waals surface area contributed by atoms with Gasteiger partial charge in [0, 0.05) is 10.8 Å². The topological polar surface area (TPSA) is 71.4 Å². The van der Waals surface area contributed by atoms with Crippen LogP contribution < -0.4 is 5.73 Å². The van der Waals surface area contributed by atoms with E-state index in [9.17, 15) is 4.39 Å². The molecule has 2 N–H and O–H groups in total. The first-order valence-corrected chi connectivity index (χ1v) is 6.59. The first-order valence-electron chi connectivity index (χ1n) is 5.77. The Morgan fingerprint density at radius 3 is 3.11 bits per heavy atom. The lowest BCUT2D eigenvalue weighted by molar-refractivity contribution is 0.201. The highest BCUT2D eigenvalue weighted by Gasteiger charge is 2.36. The van der Waals surface area contributed by atoms with Crippen LogP contribution in [0.1, 0.15) is 13.3 Å². The van der Waals surface area contributed by atoms with Crippen molar-refractivity contribution in [2.45, 2.75) is 19.4 Å². The first-order chi connectivity index (χ1) is 8.67. The van der Waals surface area contributed by atoms with Gasteiger partial charge >= 0.3 is 0 Å². The van der Waals surface area contributed by atoms with Gasteiger partial charge in [-0.25, -0.2) is 4.39 Å². The smallest absolute Gasteiger partial charge is 0.174 e. The Bertz CT molecular complexity index is 478. The van der Waals surface area contributed by atoms with E-state index in [4.69, 9.17) is 15.7 Å². The van der Waals surface area contributed by atoms with Crippen molar-refractivity contribution in [1.29, 1.82) is 5.26 Å². The van der Waals surface area contributed by atoms with Crippen LogP contribution in [0.2, 0.25) is 0 Å². The van der Waals surface area contributed by atoms with Gasteiger partial charge < -0.3 is 10.5 Å². The quantitative estimate of drug-likeness (QED) is 0.792. The Kier molecular flexibility index (Phi) is 4.04. The van der Waals surface area contributed by atoms with E-state index in [0.717, 1.165) is 4.91 Å². The Labute approximate surface area is 109 Å². The van der Waals surface area contributed by atoms with Crippen molar-refractivity contribution >= 4 is 16.8 Å². The van der Waals surface area contributed by atoms with E-state index in [1.165, 1.54) is 11.8 Å². The normalized spacial score (nSPS) is 26.3. The third kappa shape index (κ3) is 2.42. The fourth-order valence-corrected chi connectivity index (χ4v) is 2.83. The third-order valence-electron chi connectivity index (χ3n) is 2.85. The molecule has 0 radical (unpaired) electrons. The molecular weight excluding hydrogens is 253 g/mol. The molecule has 0 aromatic rings. The van der Waals surface area contributed by atoms with E-state index >= 15 is 0 Å². The molecule has 0 bridgehead atoms. The monoisotopic (exact) mass is 267 g/mol. The number of hydrogen-bond acceptors (Lipinski definition) is 5. The number of nitrogens with two attached hydrogens (primary N) is 1. The largest absolute Gasteiger partial charge is 0.491 e. The predicted molar refractivity (Wildman–Crippen MR) is 69.4 cm³/mol. The van der Waals surface area contributed by atoms with E-state index in [1.54, 1.807) is 13.0 Å². The Morgan fingerprint density at radius 1 is 1.67 bits per heavy atom. The van der Waals surface area contributed by atoms with Crippen LogP contribution in [0.3, 0.4) is 0 Å². The van der Waals surface area contributed by atoms with Gasteiger partial charge in [-0.05, 0) is 19.0 Å². The summed E-state index contributed by atoms with van der Waals surface area (Å²) in [4.78, 5) is 5.07. The number of rotatable bonds is 4. The van der Waals surface area contributed by atoms with Gasteiger partial charge in [0.05, 0.1) is 12.6 Å². The van der Waals surface area contributed by atoms with Gasteiger partial charge in [-0.3, -0.25) is 4.99 Å². The molecule has 0 saturated heterocycles. The highest BCUT2D eigenvalue weighted by molar-refractivity contribution is 8.18. The second-order valence-corrected chi connectivity index (χ2v) is 5.19. The second kappa shape index (κ2) is 5.55. The van der Waals surface area contributed by atoms with Crippen LogP contribution >= 0.6 is 11.8 Å². The van der Waals surface area contributed by atoms with E-state index in [0.29, 0.717) is 24.6 Å². The van der Waals surface area contributed by atoms with Crippen LogP contribution in [0, 0.1) is 17.2 Å². The molecule has 0 aromatic heterocycles. The molecule has 0 saturated carbocycles. The van der Waals surface area contributed by atoms with Crippen LogP contribution in [-0.4, -0.2) is 24.2 Å². The molecule has 0 fully saturated rings. The minimum atomic E-state index is -0.378. The maximum absolute atomic E-state index is 14.1. The van der Waals surface area contributed by atoms with Crippen molar-refractivity contribution < 1.29 is 9.13 Å². The summed E-state index contributed by atoms with van der Waals surface area (Å²) < 4.78 is 19.4. The van der Waals surface area contributed by atoms with Gasteiger partial charge in [0.1, 0.15) is 11.9 Å². The van der Waals surface area contributed by atoms with E-state index in [-0.39, 0.29) is 23.5 Å². The minimum absolute atomic E-state index is 0.254. The molecule has 4 nitrogen and oxygen atoms in total. The van der Waals surface area contributed by atoms with E-state index in [1.807, 2.05) is 6.07 Å². The van der Waals surface area contributed by atoms with Crippen LogP contribution in [0.5, 0.6) is 0 Å². The lowest BCUT2D eigenvalue weighted by atomic mass is 9.95. The fourth-order valence-electron chi connectivity index (χ4n) is 1.85. The summed E-state index contributed by atoms with van der Waals surface area (Å²) in [6, 6.07) is 1.72. The minimum Gasteiger partial charge on any atom is -0.491 e. The van der Waals surface area contributed by atoms with Crippen LogP contribution in [0.15, 0.2) is 27.6 Å². The van der Waals surface area contributed by atoms with E-state index < -0.39 is 0 Å². The molecule has 0 aromatic carbocycles. The van der Waals surface area contributed by atoms with Crippen molar-refractivity contribution in [2.24, 2.45) is 16.6 Å². The Balaban J connectivity index is 2.15. The average Bonchev–Trinajstić information content (AvgIpc) is 2.79. The summed E-state index contributed by atoms with van der Waals surface area (Å²) >= 11 is 1.29. The molecule has 2 rings (SSSR count). The number of halogens is 1. The van der Waals surface area contributed by atoms with Crippen molar-refractivity contribution in [3.8, 4) is 6.07 Å². The third-order valence-corrected chi connectivity index (χ3v) is 3.83. The molecule has 6 heteroatoms. The summed E-state index contributed by atoms with van der Waals surface area (Å²) in [6.45, 7) is 2.67. The maximum Gasteiger partial charge on any atom is 0.174 e. The summed E-state index contributed by atoms with van der Waals surface area (Å²) in [7, 11) is 0. The lowest BCUT2D eigenvalue weighted by Gasteiger charge is -2.23. The number of ether oxygens (including phenoxy) is 1. The highest BCUT2D eigenvalue weighted by Crippen LogP contribution is 2.42. The van der Waals surface area contributed by atoms with E-state index in [2.05, 4.69) is 4.99 Å².